The second kappa shape index (κ2) is 7.07. The number of nitrogens with one attached hydrogen (secondary N) is 1. The number of thiophene rings is 1. The Morgan fingerprint density at radius 2 is 2.35 bits per heavy atom. The summed E-state index contributed by atoms with van der Waals surface area (Å²) < 4.78 is 0. The zero-order valence-corrected chi connectivity index (χ0v) is 10.8. The summed E-state index contributed by atoms with van der Waals surface area (Å²) in [6.45, 7) is 1.27. The molecule has 1 rings (SSSR count). The van der Waals surface area contributed by atoms with Gasteiger partial charge in [0.15, 0.2) is 0 Å². The number of aliphatic hydroxyl groups is 1. The van der Waals surface area contributed by atoms with Gasteiger partial charge in [0.1, 0.15) is 6.61 Å². The molecule has 2 N–H and O–H groups in total. The summed E-state index contributed by atoms with van der Waals surface area (Å²) in [4.78, 5) is 14.5. The Hall–Kier alpha value is -1.35. The van der Waals surface area contributed by atoms with Crippen molar-refractivity contribution in [1.29, 1.82) is 0 Å². The van der Waals surface area contributed by atoms with Crippen LogP contribution < -0.4 is 5.32 Å². The number of likely N-dealkylation sites (N-methyl/N-ethyl adjacent to an activating group) is 1. The van der Waals surface area contributed by atoms with Gasteiger partial charge in [0.05, 0.1) is 10.4 Å². The van der Waals surface area contributed by atoms with E-state index in [0.29, 0.717) is 12.1 Å². The molecule has 1 amide bonds. The van der Waals surface area contributed by atoms with Crippen molar-refractivity contribution >= 4 is 17.2 Å². The molecule has 0 spiro atoms. The Balaban J connectivity index is 2.49. The van der Waals surface area contributed by atoms with E-state index < -0.39 is 0 Å². The summed E-state index contributed by atoms with van der Waals surface area (Å²) in [6, 6.07) is 1.73. The molecule has 0 fully saturated rings. The maximum absolute atomic E-state index is 11.7. The number of hydrogen-bond donors (Lipinski definition) is 2. The van der Waals surface area contributed by atoms with E-state index >= 15 is 0 Å². The molecule has 0 unspecified atom stereocenters. The van der Waals surface area contributed by atoms with E-state index in [1.165, 1.54) is 11.3 Å². The van der Waals surface area contributed by atoms with E-state index in [2.05, 4.69) is 17.2 Å². The number of hydrogen-bond acceptors (Lipinski definition) is 4. The van der Waals surface area contributed by atoms with Gasteiger partial charge < -0.3 is 15.3 Å². The van der Waals surface area contributed by atoms with Gasteiger partial charge in [-0.2, -0.15) is 0 Å². The lowest BCUT2D eigenvalue weighted by molar-refractivity contribution is 0.0951. The first-order valence-corrected chi connectivity index (χ1v) is 6.12. The van der Waals surface area contributed by atoms with Crippen molar-refractivity contribution in [3.05, 3.63) is 21.9 Å². The Kier molecular flexibility index (Phi) is 5.70. The van der Waals surface area contributed by atoms with Gasteiger partial charge >= 0.3 is 0 Å². The van der Waals surface area contributed by atoms with Gasteiger partial charge in [-0.15, -0.1) is 11.3 Å². The average molecular weight is 252 g/mol. The van der Waals surface area contributed by atoms with Crippen molar-refractivity contribution in [3.8, 4) is 11.8 Å². The zero-order valence-electron chi connectivity index (χ0n) is 9.99. The summed E-state index contributed by atoms with van der Waals surface area (Å²) in [5.41, 5.74) is 0.621. The molecule has 4 nitrogen and oxygen atoms in total. The van der Waals surface area contributed by atoms with Crippen LogP contribution in [-0.2, 0) is 0 Å². The molecular weight excluding hydrogens is 236 g/mol. The van der Waals surface area contributed by atoms with Crippen molar-refractivity contribution in [2.24, 2.45) is 0 Å². The molecule has 0 saturated heterocycles. The Morgan fingerprint density at radius 3 is 3.00 bits per heavy atom. The largest absolute Gasteiger partial charge is 0.384 e. The SMILES string of the molecule is CN(C)CCNC(=O)c1csc(C#CCO)c1. The van der Waals surface area contributed by atoms with Crippen LogP contribution in [0.4, 0.5) is 0 Å². The molecule has 0 atom stereocenters. The topological polar surface area (TPSA) is 52.6 Å². The van der Waals surface area contributed by atoms with Gasteiger partial charge in [-0.3, -0.25) is 4.79 Å². The summed E-state index contributed by atoms with van der Waals surface area (Å²) >= 11 is 1.40. The van der Waals surface area contributed by atoms with Crippen molar-refractivity contribution in [2.45, 2.75) is 0 Å². The highest BCUT2D eigenvalue weighted by molar-refractivity contribution is 7.10. The highest BCUT2D eigenvalue weighted by Gasteiger charge is 2.07. The molecule has 0 radical (unpaired) electrons. The summed E-state index contributed by atoms with van der Waals surface area (Å²) in [5.74, 6) is 5.24. The summed E-state index contributed by atoms with van der Waals surface area (Å²) in [6.07, 6.45) is 0. The van der Waals surface area contributed by atoms with E-state index in [1.54, 1.807) is 11.4 Å². The van der Waals surface area contributed by atoms with Gasteiger partial charge in [0, 0.05) is 18.5 Å². The van der Waals surface area contributed by atoms with Crippen LogP contribution in [0.5, 0.6) is 0 Å². The molecule has 0 aliphatic carbocycles. The molecular formula is C12H16N2O2S. The first-order valence-electron chi connectivity index (χ1n) is 5.24. The quantitative estimate of drug-likeness (QED) is 0.762. The Morgan fingerprint density at radius 1 is 1.59 bits per heavy atom. The lowest BCUT2D eigenvalue weighted by Crippen LogP contribution is -2.31. The zero-order chi connectivity index (χ0) is 12.7. The molecule has 0 aliphatic heterocycles. The van der Waals surface area contributed by atoms with E-state index in [0.717, 1.165) is 11.4 Å². The standard InChI is InChI=1S/C12H16N2O2S/c1-14(2)6-5-13-12(16)10-8-11(17-9-10)4-3-7-15/h8-9,15H,5-7H2,1-2H3,(H,13,16). The highest BCUT2D eigenvalue weighted by Crippen LogP contribution is 2.13. The molecule has 17 heavy (non-hydrogen) atoms. The van der Waals surface area contributed by atoms with Crippen molar-refractivity contribution in [1.82, 2.24) is 10.2 Å². The molecule has 0 saturated carbocycles. The van der Waals surface area contributed by atoms with Crippen LogP contribution in [0.3, 0.4) is 0 Å². The van der Waals surface area contributed by atoms with E-state index in [9.17, 15) is 4.79 Å². The van der Waals surface area contributed by atoms with Crippen LogP contribution in [0, 0.1) is 11.8 Å². The predicted octanol–water partition coefficient (Wildman–Crippen LogP) is 0.383. The number of aliphatic hydroxyl groups excluding tert-OH is 1. The highest BCUT2D eigenvalue weighted by atomic mass is 32.1. The molecule has 0 aliphatic rings. The molecule has 92 valence electrons. The minimum Gasteiger partial charge on any atom is -0.384 e. The van der Waals surface area contributed by atoms with Crippen LogP contribution in [0.2, 0.25) is 0 Å². The fraction of sp³-hybridized carbons (Fsp3) is 0.417. The molecule has 0 bridgehead atoms. The van der Waals surface area contributed by atoms with Crippen LogP contribution in [-0.4, -0.2) is 49.7 Å². The molecule has 1 heterocycles. The number of carbonyl (C=O) groups is 1. The summed E-state index contributed by atoms with van der Waals surface area (Å²) in [5, 5.41) is 13.2. The lowest BCUT2D eigenvalue weighted by atomic mass is 10.3. The first kappa shape index (κ1) is 13.7. The van der Waals surface area contributed by atoms with Crippen LogP contribution in [0.15, 0.2) is 11.4 Å². The van der Waals surface area contributed by atoms with Crippen LogP contribution in [0.1, 0.15) is 15.2 Å². The van der Waals surface area contributed by atoms with E-state index in [-0.39, 0.29) is 12.5 Å². The second-order valence-electron chi connectivity index (χ2n) is 3.72. The normalized spacial score (nSPS) is 9.88. The summed E-state index contributed by atoms with van der Waals surface area (Å²) in [7, 11) is 3.92. The average Bonchev–Trinajstić information content (AvgIpc) is 2.74. The monoisotopic (exact) mass is 252 g/mol. The third-order valence-corrected chi connectivity index (χ3v) is 2.84. The molecule has 0 aromatic carbocycles. The number of nitrogens with zero attached hydrogens (tertiary/aromatic N) is 1. The van der Waals surface area contributed by atoms with Gasteiger partial charge in [0.2, 0.25) is 0 Å². The molecule has 1 aromatic heterocycles. The minimum absolute atomic E-state index is 0.0832. The van der Waals surface area contributed by atoms with Gasteiger partial charge in [-0.1, -0.05) is 11.8 Å². The second-order valence-corrected chi connectivity index (χ2v) is 4.63. The fourth-order valence-corrected chi connectivity index (χ4v) is 1.90. The van der Waals surface area contributed by atoms with Gasteiger partial charge in [-0.25, -0.2) is 0 Å². The number of carbonyl (C=O) groups excluding carboxylic acids is 1. The Bertz CT molecular complexity index is 429. The lowest BCUT2D eigenvalue weighted by Gasteiger charge is -2.09. The van der Waals surface area contributed by atoms with Gasteiger partial charge in [-0.05, 0) is 20.2 Å². The third kappa shape index (κ3) is 5.00. The van der Waals surface area contributed by atoms with E-state index in [1.807, 2.05) is 19.0 Å². The van der Waals surface area contributed by atoms with Crippen LogP contribution in [0.25, 0.3) is 0 Å². The molecule has 5 heteroatoms. The maximum atomic E-state index is 11.7. The first-order chi connectivity index (χ1) is 8.13. The minimum atomic E-state index is -0.164. The maximum Gasteiger partial charge on any atom is 0.252 e. The predicted molar refractivity (Wildman–Crippen MR) is 69.2 cm³/mol. The smallest absolute Gasteiger partial charge is 0.252 e. The number of rotatable bonds is 4. The van der Waals surface area contributed by atoms with Gasteiger partial charge in [0.25, 0.3) is 5.91 Å². The third-order valence-electron chi connectivity index (χ3n) is 2.00. The van der Waals surface area contributed by atoms with Crippen LogP contribution >= 0.6 is 11.3 Å². The fourth-order valence-electron chi connectivity index (χ4n) is 1.14. The van der Waals surface area contributed by atoms with Crippen molar-refractivity contribution in [2.75, 3.05) is 33.8 Å². The van der Waals surface area contributed by atoms with Crippen molar-refractivity contribution in [3.63, 3.8) is 0 Å². The van der Waals surface area contributed by atoms with Crippen molar-refractivity contribution < 1.29 is 9.90 Å². The molecule has 1 aromatic rings. The Labute approximate surface area is 105 Å². The number of amides is 1. The van der Waals surface area contributed by atoms with E-state index in [4.69, 9.17) is 5.11 Å².